The van der Waals surface area contributed by atoms with Gasteiger partial charge in [0.25, 0.3) is 11.6 Å². The number of fused-ring (bicyclic) bond motifs is 1. The predicted molar refractivity (Wildman–Crippen MR) is 123 cm³/mol. The van der Waals surface area contributed by atoms with Crippen LogP contribution in [0.2, 0.25) is 0 Å². The number of aryl methyl sites for hydroxylation is 2. The number of carbonyl (C=O) groups excluding carboxylic acids is 1. The highest BCUT2D eigenvalue weighted by atomic mass is 32.1. The van der Waals surface area contributed by atoms with Gasteiger partial charge >= 0.3 is 0 Å². The minimum absolute atomic E-state index is 0.155. The zero-order valence-electron chi connectivity index (χ0n) is 17.7. The van der Waals surface area contributed by atoms with E-state index in [-0.39, 0.29) is 11.3 Å². The molecule has 0 bridgehead atoms. The summed E-state index contributed by atoms with van der Waals surface area (Å²) in [6.45, 7) is 3.93. The van der Waals surface area contributed by atoms with Gasteiger partial charge in [-0.2, -0.15) is 10.4 Å². The van der Waals surface area contributed by atoms with E-state index in [0.29, 0.717) is 0 Å². The number of hydrogen-bond acceptors (Lipinski definition) is 6. The molecule has 0 spiro atoms. The average molecular weight is 448 g/mol. The number of nitro groups is 1. The van der Waals surface area contributed by atoms with Crippen molar-refractivity contribution in [2.24, 2.45) is 5.10 Å². The van der Waals surface area contributed by atoms with E-state index >= 15 is 0 Å². The van der Waals surface area contributed by atoms with Crippen molar-refractivity contribution in [3.63, 3.8) is 0 Å². The van der Waals surface area contributed by atoms with Crippen LogP contribution < -0.4 is 5.43 Å². The molecule has 32 heavy (non-hydrogen) atoms. The molecule has 3 aromatic rings. The van der Waals surface area contributed by atoms with Crippen molar-refractivity contribution in [1.29, 1.82) is 5.26 Å². The average Bonchev–Trinajstić information content (AvgIpc) is 3.29. The van der Waals surface area contributed by atoms with E-state index in [1.807, 2.05) is 19.9 Å². The molecule has 1 amide bonds. The number of nitrogens with one attached hydrogen (secondary N) is 1. The van der Waals surface area contributed by atoms with E-state index in [2.05, 4.69) is 21.2 Å². The second-order valence-electron chi connectivity index (χ2n) is 7.67. The number of aromatic nitrogens is 1. The molecule has 1 aromatic carbocycles. The summed E-state index contributed by atoms with van der Waals surface area (Å²) in [6, 6.07) is 9.84. The van der Waals surface area contributed by atoms with Crippen LogP contribution >= 0.6 is 11.3 Å². The highest BCUT2D eigenvalue weighted by molar-refractivity contribution is 7.15. The minimum atomic E-state index is -0.549. The molecular formula is C23H21N5O3S. The number of nitrogens with zero attached hydrogens (tertiary/aromatic N) is 4. The van der Waals surface area contributed by atoms with Gasteiger partial charge < -0.3 is 4.57 Å². The molecule has 0 saturated carbocycles. The van der Waals surface area contributed by atoms with Gasteiger partial charge in [0.15, 0.2) is 0 Å². The number of nitro benzene ring substituents is 1. The molecule has 0 saturated heterocycles. The first-order valence-electron chi connectivity index (χ1n) is 10.2. The van der Waals surface area contributed by atoms with E-state index in [1.54, 1.807) is 17.6 Å². The van der Waals surface area contributed by atoms with Crippen molar-refractivity contribution in [3.8, 4) is 11.1 Å². The van der Waals surface area contributed by atoms with Crippen molar-refractivity contribution < 1.29 is 9.72 Å². The number of hydrogen-bond donors (Lipinski definition) is 1. The van der Waals surface area contributed by atoms with Crippen LogP contribution in [0.3, 0.4) is 0 Å². The zero-order chi connectivity index (χ0) is 22.8. The van der Waals surface area contributed by atoms with Gasteiger partial charge in [-0.05, 0) is 57.2 Å². The van der Waals surface area contributed by atoms with Gasteiger partial charge in [-0.1, -0.05) is 6.07 Å². The molecule has 162 valence electrons. The number of benzene rings is 1. The second-order valence-corrected chi connectivity index (χ2v) is 8.75. The number of nitriles is 1. The summed E-state index contributed by atoms with van der Waals surface area (Å²) in [5, 5.41) is 25.7. The summed E-state index contributed by atoms with van der Waals surface area (Å²) in [5.41, 5.74) is 7.08. The molecule has 2 aromatic heterocycles. The second kappa shape index (κ2) is 8.77. The standard InChI is InChI=1S/C23H21N5O3S/c1-14-10-17(13-25-26-22(29)16-6-5-7-18(11-16)28(30)31)15(2)27(14)23-20(12-24)19-8-3-4-9-21(19)32-23/h5-7,10-11,13H,3-4,8-9H2,1-2H3,(H,26,29)/b25-13+. The molecule has 1 aliphatic rings. The number of non-ortho nitro benzene ring substituents is 1. The van der Waals surface area contributed by atoms with Crippen molar-refractivity contribution >= 4 is 29.1 Å². The lowest BCUT2D eigenvalue weighted by atomic mass is 9.96. The van der Waals surface area contributed by atoms with Gasteiger partial charge in [0, 0.05) is 39.5 Å². The van der Waals surface area contributed by atoms with Crippen LogP contribution in [0, 0.1) is 35.3 Å². The summed E-state index contributed by atoms with van der Waals surface area (Å²) in [5.74, 6) is -0.531. The molecule has 0 atom stereocenters. The molecular weight excluding hydrogens is 426 g/mol. The molecule has 1 aliphatic carbocycles. The summed E-state index contributed by atoms with van der Waals surface area (Å²) in [7, 11) is 0. The number of thiophene rings is 1. The van der Waals surface area contributed by atoms with Gasteiger partial charge in [0.05, 0.1) is 16.7 Å². The number of hydrazone groups is 1. The Morgan fingerprint density at radius 2 is 2.09 bits per heavy atom. The van der Waals surface area contributed by atoms with Crippen molar-refractivity contribution in [1.82, 2.24) is 9.99 Å². The van der Waals surface area contributed by atoms with Gasteiger partial charge in [0.1, 0.15) is 11.1 Å². The molecule has 9 heteroatoms. The summed E-state index contributed by atoms with van der Waals surface area (Å²) in [4.78, 5) is 23.9. The van der Waals surface area contributed by atoms with Gasteiger partial charge in [0.2, 0.25) is 0 Å². The maximum atomic E-state index is 12.3. The van der Waals surface area contributed by atoms with Gasteiger partial charge in [-0.25, -0.2) is 5.43 Å². The third kappa shape index (κ3) is 3.92. The molecule has 8 nitrogen and oxygen atoms in total. The van der Waals surface area contributed by atoms with Crippen LogP contribution in [0.25, 0.3) is 5.00 Å². The van der Waals surface area contributed by atoms with Crippen molar-refractivity contribution in [2.75, 3.05) is 0 Å². The molecule has 0 aliphatic heterocycles. The third-order valence-electron chi connectivity index (χ3n) is 5.63. The van der Waals surface area contributed by atoms with E-state index in [4.69, 9.17) is 0 Å². The molecule has 0 radical (unpaired) electrons. The van der Waals surface area contributed by atoms with E-state index in [1.165, 1.54) is 34.7 Å². The molecule has 0 unspecified atom stereocenters. The highest BCUT2D eigenvalue weighted by Crippen LogP contribution is 2.38. The van der Waals surface area contributed by atoms with Crippen LogP contribution in [-0.2, 0) is 12.8 Å². The first kappa shape index (κ1) is 21.5. The summed E-state index contributed by atoms with van der Waals surface area (Å²) < 4.78 is 2.07. The number of carbonyl (C=O) groups is 1. The first-order chi connectivity index (χ1) is 15.4. The lowest BCUT2D eigenvalue weighted by molar-refractivity contribution is -0.384. The molecule has 4 rings (SSSR count). The normalized spacial score (nSPS) is 13.0. The third-order valence-corrected chi connectivity index (χ3v) is 6.90. The van der Waals surface area contributed by atoms with Crippen molar-refractivity contribution in [2.45, 2.75) is 39.5 Å². The van der Waals surface area contributed by atoms with Crippen LogP contribution in [0.4, 0.5) is 5.69 Å². The van der Waals surface area contributed by atoms with E-state index < -0.39 is 10.8 Å². The lowest BCUT2D eigenvalue weighted by Gasteiger charge is -2.10. The fourth-order valence-corrected chi connectivity index (χ4v) is 5.49. The highest BCUT2D eigenvalue weighted by Gasteiger charge is 2.23. The van der Waals surface area contributed by atoms with Crippen LogP contribution in [-0.4, -0.2) is 21.6 Å². The maximum absolute atomic E-state index is 12.3. The van der Waals surface area contributed by atoms with Crippen LogP contribution in [0.15, 0.2) is 35.4 Å². The lowest BCUT2D eigenvalue weighted by Crippen LogP contribution is -2.17. The van der Waals surface area contributed by atoms with Crippen molar-refractivity contribution in [3.05, 3.63) is 79.0 Å². The van der Waals surface area contributed by atoms with Crippen LogP contribution in [0.5, 0.6) is 0 Å². The summed E-state index contributed by atoms with van der Waals surface area (Å²) >= 11 is 1.68. The number of amides is 1. The zero-order valence-corrected chi connectivity index (χ0v) is 18.5. The van der Waals surface area contributed by atoms with E-state index in [0.717, 1.165) is 53.2 Å². The van der Waals surface area contributed by atoms with Gasteiger partial charge in [-0.15, -0.1) is 11.3 Å². The Hall–Kier alpha value is -3.77. The SMILES string of the molecule is Cc1cc(/C=N/NC(=O)c2cccc([N+](=O)[O-])c2)c(C)n1-c1sc2c(c1C#N)CCCC2. The fourth-order valence-electron chi connectivity index (χ4n) is 4.04. The Balaban J connectivity index is 1.58. The molecule has 0 fully saturated rings. The largest absolute Gasteiger partial charge is 0.308 e. The Labute approximate surface area is 189 Å². The fraction of sp³-hybridized carbons (Fsp3) is 0.261. The summed E-state index contributed by atoms with van der Waals surface area (Å²) in [6.07, 6.45) is 5.79. The van der Waals surface area contributed by atoms with E-state index in [9.17, 15) is 20.2 Å². The minimum Gasteiger partial charge on any atom is -0.308 e. The Kier molecular flexibility index (Phi) is 5.88. The molecule has 2 heterocycles. The maximum Gasteiger partial charge on any atom is 0.271 e. The Morgan fingerprint density at radius 1 is 1.31 bits per heavy atom. The Morgan fingerprint density at radius 3 is 2.84 bits per heavy atom. The predicted octanol–water partition coefficient (Wildman–Crippen LogP) is 4.58. The van der Waals surface area contributed by atoms with Gasteiger partial charge in [-0.3, -0.25) is 14.9 Å². The smallest absolute Gasteiger partial charge is 0.271 e. The van der Waals surface area contributed by atoms with Crippen LogP contribution in [0.1, 0.15) is 56.2 Å². The first-order valence-corrected chi connectivity index (χ1v) is 11.0. The topological polar surface area (TPSA) is 113 Å². The quantitative estimate of drug-likeness (QED) is 0.350. The number of rotatable bonds is 5. The monoisotopic (exact) mass is 447 g/mol. The Bertz CT molecular complexity index is 1300. The molecule has 1 N–H and O–H groups in total.